The quantitative estimate of drug-likeness (QED) is 0.178. The Hall–Kier alpha value is -3.55. The zero-order chi connectivity index (χ0) is 22.8. The van der Waals surface area contributed by atoms with E-state index in [1.54, 1.807) is 67.6 Å². The molecular formula is C23H25NO7. The first-order chi connectivity index (χ1) is 14.9. The lowest BCUT2D eigenvalue weighted by Gasteiger charge is -2.30. The molecule has 8 heteroatoms. The monoisotopic (exact) mass is 427 g/mol. The number of Topliss-reactive ketones (excluding diaryl/α,β-unsaturated/α-hetero) is 1. The van der Waals surface area contributed by atoms with Crippen molar-refractivity contribution in [2.75, 3.05) is 20.3 Å². The van der Waals surface area contributed by atoms with Gasteiger partial charge in [-0.25, -0.2) is 0 Å². The summed E-state index contributed by atoms with van der Waals surface area (Å²) in [5, 5.41) is 11.0. The fourth-order valence-corrected chi connectivity index (χ4v) is 3.60. The Balaban J connectivity index is 2.64. The van der Waals surface area contributed by atoms with Crippen LogP contribution in [0, 0.1) is 22.0 Å². The molecule has 2 aromatic carbocycles. The third-order valence-electron chi connectivity index (χ3n) is 4.98. The van der Waals surface area contributed by atoms with Crippen molar-refractivity contribution in [1.29, 1.82) is 0 Å². The summed E-state index contributed by atoms with van der Waals surface area (Å²) in [7, 11) is 1.17. The number of hydrogen-bond donors (Lipinski definition) is 0. The van der Waals surface area contributed by atoms with Crippen LogP contribution in [0.3, 0.4) is 0 Å². The SMILES string of the molecule is CCOC(=O)C(C(=O)c1ccccc1)C(c1ccccc1)C(CC[N+](=O)[O-])C(=O)OC. The Bertz CT molecular complexity index is 899. The minimum atomic E-state index is -1.37. The van der Waals surface area contributed by atoms with Crippen LogP contribution in [0.25, 0.3) is 0 Å². The number of carbonyl (C=O) groups excluding carboxylic acids is 3. The number of hydrogen-bond acceptors (Lipinski definition) is 7. The fraction of sp³-hybridized carbons (Fsp3) is 0.348. The van der Waals surface area contributed by atoms with Gasteiger partial charge >= 0.3 is 11.9 Å². The van der Waals surface area contributed by atoms with Crippen molar-refractivity contribution in [3.8, 4) is 0 Å². The van der Waals surface area contributed by atoms with Crippen molar-refractivity contribution in [2.45, 2.75) is 19.3 Å². The molecule has 3 unspecified atom stereocenters. The Morgan fingerprint density at radius 3 is 2.06 bits per heavy atom. The highest BCUT2D eigenvalue weighted by molar-refractivity contribution is 6.09. The van der Waals surface area contributed by atoms with Crippen LogP contribution in [0.5, 0.6) is 0 Å². The average molecular weight is 427 g/mol. The second-order valence-electron chi connectivity index (χ2n) is 6.87. The molecule has 0 saturated carbocycles. The predicted molar refractivity (Wildman–Crippen MR) is 112 cm³/mol. The minimum absolute atomic E-state index is 0.0384. The smallest absolute Gasteiger partial charge is 0.317 e. The highest BCUT2D eigenvalue weighted by Crippen LogP contribution is 2.38. The highest BCUT2D eigenvalue weighted by atomic mass is 16.6. The van der Waals surface area contributed by atoms with Gasteiger partial charge in [-0.2, -0.15) is 0 Å². The van der Waals surface area contributed by atoms with Gasteiger partial charge in [0.2, 0.25) is 6.54 Å². The molecule has 0 N–H and O–H groups in total. The van der Waals surface area contributed by atoms with Crippen molar-refractivity contribution in [2.24, 2.45) is 11.8 Å². The van der Waals surface area contributed by atoms with Crippen LogP contribution in [0.15, 0.2) is 60.7 Å². The Morgan fingerprint density at radius 1 is 0.968 bits per heavy atom. The summed E-state index contributed by atoms with van der Waals surface area (Å²) in [4.78, 5) is 49.6. The van der Waals surface area contributed by atoms with E-state index in [0.29, 0.717) is 5.56 Å². The van der Waals surface area contributed by atoms with Gasteiger partial charge in [0.05, 0.1) is 19.6 Å². The Labute approximate surface area is 180 Å². The van der Waals surface area contributed by atoms with Gasteiger partial charge in [-0.3, -0.25) is 24.5 Å². The van der Waals surface area contributed by atoms with Crippen LogP contribution >= 0.6 is 0 Å². The van der Waals surface area contributed by atoms with Crippen LogP contribution < -0.4 is 0 Å². The normalized spacial score (nSPS) is 13.5. The molecule has 0 amide bonds. The molecular weight excluding hydrogens is 402 g/mol. The number of ether oxygens (including phenoxy) is 2. The second kappa shape index (κ2) is 11.6. The molecule has 31 heavy (non-hydrogen) atoms. The van der Waals surface area contributed by atoms with Crippen LogP contribution in [0.4, 0.5) is 0 Å². The largest absolute Gasteiger partial charge is 0.469 e. The zero-order valence-corrected chi connectivity index (χ0v) is 17.4. The number of nitrogens with zero attached hydrogens (tertiary/aromatic N) is 1. The van der Waals surface area contributed by atoms with E-state index < -0.39 is 46.9 Å². The molecule has 0 saturated heterocycles. The van der Waals surface area contributed by atoms with Crippen LogP contribution in [-0.2, 0) is 19.1 Å². The zero-order valence-electron chi connectivity index (χ0n) is 17.4. The van der Waals surface area contributed by atoms with Crippen molar-refractivity contribution in [1.82, 2.24) is 0 Å². The van der Waals surface area contributed by atoms with E-state index in [0.717, 1.165) is 0 Å². The van der Waals surface area contributed by atoms with E-state index in [1.165, 1.54) is 7.11 Å². The Morgan fingerprint density at radius 2 is 1.55 bits per heavy atom. The van der Waals surface area contributed by atoms with Gasteiger partial charge in [-0.15, -0.1) is 0 Å². The maximum Gasteiger partial charge on any atom is 0.317 e. The molecule has 0 fully saturated rings. The molecule has 0 radical (unpaired) electrons. The molecule has 8 nitrogen and oxygen atoms in total. The number of benzene rings is 2. The summed E-state index contributed by atoms with van der Waals surface area (Å²) >= 11 is 0. The molecule has 2 aromatic rings. The van der Waals surface area contributed by atoms with Crippen molar-refractivity contribution in [3.05, 3.63) is 81.9 Å². The molecule has 0 aliphatic carbocycles. The van der Waals surface area contributed by atoms with E-state index in [-0.39, 0.29) is 18.6 Å². The van der Waals surface area contributed by atoms with E-state index in [1.807, 2.05) is 0 Å². The standard InChI is InChI=1S/C23H25NO7/c1-3-31-23(27)20(21(25)17-12-8-5-9-13-17)19(16-10-6-4-7-11-16)18(22(26)30-2)14-15-24(28)29/h4-13,18-20H,3,14-15H2,1-2H3. The van der Waals surface area contributed by atoms with E-state index in [9.17, 15) is 24.5 Å². The first kappa shape index (κ1) is 23.7. The van der Waals surface area contributed by atoms with Crippen LogP contribution in [0.1, 0.15) is 35.2 Å². The summed E-state index contributed by atoms with van der Waals surface area (Å²) in [6.07, 6.45) is -0.197. The maximum absolute atomic E-state index is 13.4. The van der Waals surface area contributed by atoms with Gasteiger partial charge in [-0.05, 0) is 12.5 Å². The minimum Gasteiger partial charge on any atom is -0.469 e. The van der Waals surface area contributed by atoms with Gasteiger partial charge in [0.1, 0.15) is 5.92 Å². The first-order valence-corrected chi connectivity index (χ1v) is 9.91. The van der Waals surface area contributed by atoms with Gasteiger partial charge < -0.3 is 9.47 Å². The molecule has 0 aromatic heterocycles. The number of methoxy groups -OCH3 is 1. The summed E-state index contributed by atoms with van der Waals surface area (Å²) < 4.78 is 10.1. The number of rotatable bonds is 11. The molecule has 0 spiro atoms. The number of ketones is 1. The summed E-state index contributed by atoms with van der Waals surface area (Å²) in [6.45, 7) is 1.14. The topological polar surface area (TPSA) is 113 Å². The van der Waals surface area contributed by atoms with Gasteiger partial charge in [-0.1, -0.05) is 60.7 Å². The maximum atomic E-state index is 13.4. The third kappa shape index (κ3) is 6.21. The lowest BCUT2D eigenvalue weighted by molar-refractivity contribution is -0.481. The number of esters is 2. The molecule has 3 atom stereocenters. The number of nitro groups is 1. The summed E-state index contributed by atoms with van der Waals surface area (Å²) in [5.41, 5.74) is 0.794. The van der Waals surface area contributed by atoms with Crippen LogP contribution in [-0.4, -0.2) is 42.9 Å². The van der Waals surface area contributed by atoms with Crippen molar-refractivity contribution >= 4 is 17.7 Å². The fourth-order valence-electron chi connectivity index (χ4n) is 3.60. The van der Waals surface area contributed by atoms with E-state index >= 15 is 0 Å². The number of carbonyl (C=O) groups is 3. The summed E-state index contributed by atoms with van der Waals surface area (Å²) in [6, 6.07) is 16.7. The van der Waals surface area contributed by atoms with Gasteiger partial charge in [0.15, 0.2) is 5.78 Å². The highest BCUT2D eigenvalue weighted by Gasteiger charge is 2.45. The van der Waals surface area contributed by atoms with Gasteiger partial charge in [0.25, 0.3) is 0 Å². The Kier molecular flexibility index (Phi) is 8.87. The van der Waals surface area contributed by atoms with Crippen LogP contribution in [0.2, 0.25) is 0 Å². The predicted octanol–water partition coefficient (Wildman–Crippen LogP) is 3.29. The van der Waals surface area contributed by atoms with E-state index in [4.69, 9.17) is 9.47 Å². The second-order valence-corrected chi connectivity index (χ2v) is 6.87. The molecule has 0 heterocycles. The molecule has 0 bridgehead atoms. The van der Waals surface area contributed by atoms with Crippen molar-refractivity contribution in [3.63, 3.8) is 0 Å². The molecule has 0 aliphatic heterocycles. The molecule has 164 valence electrons. The van der Waals surface area contributed by atoms with E-state index in [2.05, 4.69) is 0 Å². The molecule has 0 aliphatic rings. The van der Waals surface area contributed by atoms with Gasteiger partial charge in [0, 0.05) is 22.8 Å². The molecule has 2 rings (SSSR count). The third-order valence-corrected chi connectivity index (χ3v) is 4.98. The first-order valence-electron chi connectivity index (χ1n) is 9.91. The lowest BCUT2D eigenvalue weighted by atomic mass is 9.72. The summed E-state index contributed by atoms with van der Waals surface area (Å²) in [5.74, 6) is -5.52. The average Bonchev–Trinajstić information content (AvgIpc) is 2.79. The lowest BCUT2D eigenvalue weighted by Crippen LogP contribution is -2.39. The van der Waals surface area contributed by atoms with Crippen molar-refractivity contribution < 1.29 is 28.8 Å².